The average Bonchev–Trinajstić information content (AvgIpc) is 2.68. The second-order valence-corrected chi connectivity index (χ2v) is 8.12. The van der Waals surface area contributed by atoms with E-state index in [0.717, 1.165) is 22.6 Å². The lowest BCUT2D eigenvalue weighted by Crippen LogP contribution is -2.38. The number of nitrogens with one attached hydrogen (secondary N) is 2. The van der Waals surface area contributed by atoms with Gasteiger partial charge in [0.25, 0.3) is 0 Å². The Morgan fingerprint density at radius 3 is 2.63 bits per heavy atom. The van der Waals surface area contributed by atoms with E-state index in [4.69, 9.17) is 9.47 Å². The number of ether oxygens (including phenoxy) is 2. The third kappa shape index (κ3) is 3.91. The molecule has 2 aliphatic heterocycles. The van der Waals surface area contributed by atoms with Gasteiger partial charge < -0.3 is 20.1 Å². The predicted octanol–water partition coefficient (Wildman–Crippen LogP) is 3.51. The fourth-order valence-corrected chi connectivity index (χ4v) is 4.60. The fourth-order valence-electron chi connectivity index (χ4n) is 3.05. The molecule has 0 spiro atoms. The second kappa shape index (κ2) is 7.82. The Labute approximate surface area is 169 Å². The monoisotopic (exact) mass is 448 g/mol. The number of rotatable bonds is 2. The highest BCUT2D eigenvalue weighted by Gasteiger charge is 2.25. The van der Waals surface area contributed by atoms with Gasteiger partial charge in [0.2, 0.25) is 0 Å². The van der Waals surface area contributed by atoms with Crippen molar-refractivity contribution in [3.63, 3.8) is 0 Å². The number of carbonyl (C=O) groups is 2. The summed E-state index contributed by atoms with van der Waals surface area (Å²) in [5, 5.41) is 5.48. The molecule has 140 valence electrons. The normalized spacial score (nSPS) is 17.6. The first kappa shape index (κ1) is 18.2. The molecule has 8 heteroatoms. The molecule has 27 heavy (non-hydrogen) atoms. The Morgan fingerprint density at radius 1 is 1.07 bits per heavy atom. The van der Waals surface area contributed by atoms with Gasteiger partial charge in [-0.15, -0.1) is 11.8 Å². The van der Waals surface area contributed by atoms with Crippen molar-refractivity contribution in [3.05, 3.63) is 46.4 Å². The lowest BCUT2D eigenvalue weighted by Gasteiger charge is -2.25. The number of carbonyl (C=O) groups excluding carboxylic acids is 2. The Morgan fingerprint density at radius 2 is 1.81 bits per heavy atom. The van der Waals surface area contributed by atoms with Gasteiger partial charge >= 0.3 is 11.8 Å². The van der Waals surface area contributed by atoms with Gasteiger partial charge in [-0.1, -0.05) is 18.2 Å². The van der Waals surface area contributed by atoms with Crippen LogP contribution < -0.4 is 20.1 Å². The molecule has 0 bridgehead atoms. The van der Waals surface area contributed by atoms with Crippen molar-refractivity contribution in [1.82, 2.24) is 5.32 Å². The van der Waals surface area contributed by atoms with Crippen LogP contribution in [0, 0.1) is 0 Å². The van der Waals surface area contributed by atoms with Crippen LogP contribution in [-0.2, 0) is 9.59 Å². The van der Waals surface area contributed by atoms with Crippen LogP contribution in [0.3, 0.4) is 0 Å². The van der Waals surface area contributed by atoms with Crippen molar-refractivity contribution in [1.29, 1.82) is 0 Å². The van der Waals surface area contributed by atoms with Crippen molar-refractivity contribution in [2.75, 3.05) is 24.3 Å². The maximum Gasteiger partial charge on any atom is 0.313 e. The highest BCUT2D eigenvalue weighted by Crippen LogP contribution is 2.38. The van der Waals surface area contributed by atoms with Crippen LogP contribution in [0.1, 0.15) is 18.0 Å². The molecule has 0 radical (unpaired) electrons. The molecule has 4 rings (SSSR count). The number of amides is 2. The number of fused-ring (bicyclic) bond motifs is 2. The molecule has 0 saturated heterocycles. The van der Waals surface area contributed by atoms with Crippen LogP contribution in [-0.4, -0.2) is 30.8 Å². The predicted molar refractivity (Wildman–Crippen MR) is 106 cm³/mol. The summed E-state index contributed by atoms with van der Waals surface area (Å²) in [6.07, 6.45) is 0.786. The van der Waals surface area contributed by atoms with Gasteiger partial charge in [0, 0.05) is 27.3 Å². The van der Waals surface area contributed by atoms with Crippen LogP contribution in [0.5, 0.6) is 11.5 Å². The molecule has 1 unspecified atom stereocenters. The molecule has 2 heterocycles. The van der Waals surface area contributed by atoms with Crippen molar-refractivity contribution < 1.29 is 19.1 Å². The van der Waals surface area contributed by atoms with E-state index >= 15 is 0 Å². The van der Waals surface area contributed by atoms with Gasteiger partial charge in [0.15, 0.2) is 11.5 Å². The number of hydrogen-bond donors (Lipinski definition) is 2. The number of halogens is 1. The van der Waals surface area contributed by atoms with E-state index in [1.165, 1.54) is 0 Å². The highest BCUT2D eigenvalue weighted by atomic mass is 79.9. The van der Waals surface area contributed by atoms with Crippen LogP contribution in [0.2, 0.25) is 0 Å². The maximum absolute atomic E-state index is 12.4. The molecule has 0 saturated carbocycles. The summed E-state index contributed by atoms with van der Waals surface area (Å²) in [5.41, 5.74) is 1.51. The smallest absolute Gasteiger partial charge is 0.313 e. The van der Waals surface area contributed by atoms with Crippen LogP contribution in [0.25, 0.3) is 0 Å². The van der Waals surface area contributed by atoms with E-state index in [0.29, 0.717) is 34.9 Å². The quantitative estimate of drug-likeness (QED) is 0.687. The SMILES string of the molecule is O=C(Nc1cc2c(cc1Br)OCCO2)C(=O)NC1CCSc2ccccc21. The summed E-state index contributed by atoms with van der Waals surface area (Å²) >= 11 is 5.15. The van der Waals surface area contributed by atoms with E-state index in [9.17, 15) is 9.59 Å². The minimum Gasteiger partial charge on any atom is -0.486 e. The summed E-state index contributed by atoms with van der Waals surface area (Å²) in [5.74, 6) is 0.661. The molecule has 0 aromatic heterocycles. The van der Waals surface area contributed by atoms with Crippen molar-refractivity contribution in [3.8, 4) is 11.5 Å². The van der Waals surface area contributed by atoms with Gasteiger partial charge in [-0.2, -0.15) is 0 Å². The first-order valence-corrected chi connectivity index (χ1v) is 10.3. The van der Waals surface area contributed by atoms with Crippen molar-refractivity contribution in [2.45, 2.75) is 17.4 Å². The summed E-state index contributed by atoms with van der Waals surface area (Å²) in [4.78, 5) is 26.0. The highest BCUT2D eigenvalue weighted by molar-refractivity contribution is 9.10. The molecule has 0 aliphatic carbocycles. The zero-order valence-corrected chi connectivity index (χ0v) is 16.7. The van der Waals surface area contributed by atoms with Crippen molar-refractivity contribution >= 4 is 45.2 Å². The number of benzene rings is 2. The van der Waals surface area contributed by atoms with E-state index in [-0.39, 0.29) is 6.04 Å². The number of anilines is 1. The Bertz CT molecular complexity index is 905. The Balaban J connectivity index is 1.46. The molecule has 1 atom stereocenters. The lowest BCUT2D eigenvalue weighted by molar-refractivity contribution is -0.136. The topological polar surface area (TPSA) is 76.7 Å². The standard InChI is InChI=1S/C19H17BrN2O4S/c20-12-9-15-16(26-7-6-25-15)10-14(12)22-19(24)18(23)21-13-5-8-27-17-4-2-1-3-11(13)17/h1-4,9-10,13H,5-8H2,(H,21,23)(H,22,24). The van der Waals surface area contributed by atoms with Crippen LogP contribution in [0.15, 0.2) is 45.8 Å². The molecular weight excluding hydrogens is 432 g/mol. The minimum absolute atomic E-state index is 0.163. The molecule has 2 aromatic carbocycles. The zero-order valence-electron chi connectivity index (χ0n) is 14.3. The van der Waals surface area contributed by atoms with E-state index in [2.05, 4.69) is 26.6 Å². The van der Waals surface area contributed by atoms with Gasteiger partial charge in [-0.05, 0) is 34.0 Å². The van der Waals surface area contributed by atoms with Gasteiger partial charge in [0.1, 0.15) is 13.2 Å². The summed E-state index contributed by atoms with van der Waals surface area (Å²) in [6.45, 7) is 0.927. The largest absolute Gasteiger partial charge is 0.486 e. The van der Waals surface area contributed by atoms with E-state index < -0.39 is 11.8 Å². The molecule has 0 fully saturated rings. The molecular formula is C19H17BrN2O4S. The number of hydrogen-bond acceptors (Lipinski definition) is 5. The zero-order chi connectivity index (χ0) is 18.8. The minimum atomic E-state index is -0.719. The molecule has 2 N–H and O–H groups in total. The fraction of sp³-hybridized carbons (Fsp3) is 0.263. The number of thioether (sulfide) groups is 1. The van der Waals surface area contributed by atoms with Gasteiger partial charge in [-0.25, -0.2) is 0 Å². The summed E-state index contributed by atoms with van der Waals surface area (Å²) < 4.78 is 11.6. The molecule has 2 amide bonds. The second-order valence-electron chi connectivity index (χ2n) is 6.13. The first-order valence-electron chi connectivity index (χ1n) is 8.54. The third-order valence-corrected chi connectivity index (χ3v) is 6.13. The molecule has 2 aliphatic rings. The molecule has 6 nitrogen and oxygen atoms in total. The lowest BCUT2D eigenvalue weighted by atomic mass is 10.0. The summed E-state index contributed by atoms with van der Waals surface area (Å²) in [6, 6.07) is 11.1. The molecule has 2 aromatic rings. The summed E-state index contributed by atoms with van der Waals surface area (Å²) in [7, 11) is 0. The Kier molecular flexibility index (Phi) is 5.27. The van der Waals surface area contributed by atoms with E-state index in [1.54, 1.807) is 23.9 Å². The van der Waals surface area contributed by atoms with Crippen LogP contribution >= 0.6 is 27.7 Å². The van der Waals surface area contributed by atoms with Gasteiger partial charge in [-0.3, -0.25) is 9.59 Å². The first-order chi connectivity index (χ1) is 13.1. The van der Waals surface area contributed by atoms with Crippen molar-refractivity contribution in [2.24, 2.45) is 0 Å². The van der Waals surface area contributed by atoms with Gasteiger partial charge in [0.05, 0.1) is 11.7 Å². The third-order valence-electron chi connectivity index (χ3n) is 4.35. The van der Waals surface area contributed by atoms with Crippen LogP contribution in [0.4, 0.5) is 5.69 Å². The average molecular weight is 449 g/mol. The maximum atomic E-state index is 12.4. The van der Waals surface area contributed by atoms with E-state index in [1.807, 2.05) is 24.3 Å². The Hall–Kier alpha value is -2.19.